The highest BCUT2D eigenvalue weighted by molar-refractivity contribution is 5.13. The predicted octanol–water partition coefficient (Wildman–Crippen LogP) is 1.32. The lowest BCUT2D eigenvalue weighted by Gasteiger charge is -1.96. The number of hydrogen-bond donors (Lipinski definition) is 0. The normalized spacial score (nSPS) is 9.00. The van der Waals surface area contributed by atoms with Gasteiger partial charge in [0.15, 0.2) is 0 Å². The quantitative estimate of drug-likeness (QED) is 0.548. The summed E-state index contributed by atoms with van der Waals surface area (Å²) in [6, 6.07) is 0. The van der Waals surface area contributed by atoms with E-state index in [9.17, 15) is 0 Å². The number of rotatable bonds is 1. The fourth-order valence-corrected chi connectivity index (χ4v) is 0.793. The average molecular weight is 147 g/mol. The van der Waals surface area contributed by atoms with Crippen molar-refractivity contribution in [3.8, 4) is 11.8 Å². The van der Waals surface area contributed by atoms with Crippen LogP contribution < -0.4 is 0 Å². The van der Waals surface area contributed by atoms with Gasteiger partial charge in [0.05, 0.1) is 0 Å². The van der Waals surface area contributed by atoms with Gasteiger partial charge in [0.25, 0.3) is 0 Å². The van der Waals surface area contributed by atoms with Crippen LogP contribution in [0.25, 0.3) is 0 Å². The van der Waals surface area contributed by atoms with Crippen LogP contribution in [-0.2, 0) is 6.54 Å². The van der Waals surface area contributed by atoms with Crippen molar-refractivity contribution < 1.29 is 0 Å². The van der Waals surface area contributed by atoms with Crippen LogP contribution in [-0.4, -0.2) is 9.78 Å². The van der Waals surface area contributed by atoms with Gasteiger partial charge >= 0.3 is 0 Å². The molecule has 0 aliphatic carbocycles. The SMILES string of the molecule is CC#CCn1n[c]c(C)c1C. The minimum Gasteiger partial charge on any atom is -0.257 e. The first kappa shape index (κ1) is 7.87. The topological polar surface area (TPSA) is 17.8 Å². The van der Waals surface area contributed by atoms with E-state index in [1.165, 1.54) is 0 Å². The molecule has 0 fully saturated rings. The van der Waals surface area contributed by atoms with Gasteiger partial charge in [0.1, 0.15) is 12.7 Å². The molecule has 1 heterocycles. The van der Waals surface area contributed by atoms with Crippen LogP contribution in [0, 0.1) is 31.9 Å². The summed E-state index contributed by atoms with van der Waals surface area (Å²) < 4.78 is 1.85. The average Bonchev–Trinajstić information content (AvgIpc) is 2.31. The molecule has 0 aliphatic heterocycles. The molecule has 2 heteroatoms. The summed E-state index contributed by atoms with van der Waals surface area (Å²) in [7, 11) is 0. The number of hydrogen-bond acceptors (Lipinski definition) is 1. The zero-order valence-corrected chi connectivity index (χ0v) is 7.10. The molecule has 1 aromatic rings. The van der Waals surface area contributed by atoms with Crippen molar-refractivity contribution >= 4 is 0 Å². The van der Waals surface area contributed by atoms with Crippen LogP contribution >= 0.6 is 0 Å². The Morgan fingerprint density at radius 3 is 2.73 bits per heavy atom. The van der Waals surface area contributed by atoms with E-state index in [-0.39, 0.29) is 0 Å². The molecular formula is C9H11N2. The third kappa shape index (κ3) is 1.62. The lowest BCUT2D eigenvalue weighted by Crippen LogP contribution is -1.99. The first-order chi connectivity index (χ1) is 5.25. The Balaban J connectivity index is 2.84. The highest BCUT2D eigenvalue weighted by Gasteiger charge is 1.99. The van der Waals surface area contributed by atoms with E-state index in [0.717, 1.165) is 11.3 Å². The maximum Gasteiger partial charge on any atom is 0.116 e. The molecule has 0 amide bonds. The molecule has 0 aliphatic rings. The van der Waals surface area contributed by atoms with Crippen LogP contribution in [0.1, 0.15) is 18.2 Å². The fourth-order valence-electron chi connectivity index (χ4n) is 0.793. The molecule has 11 heavy (non-hydrogen) atoms. The predicted molar refractivity (Wildman–Crippen MR) is 44.0 cm³/mol. The van der Waals surface area contributed by atoms with Crippen LogP contribution in [0.5, 0.6) is 0 Å². The molecule has 57 valence electrons. The minimum atomic E-state index is 0.673. The molecule has 0 atom stereocenters. The Morgan fingerprint density at radius 2 is 2.27 bits per heavy atom. The zero-order chi connectivity index (χ0) is 8.27. The van der Waals surface area contributed by atoms with E-state index < -0.39 is 0 Å². The first-order valence-corrected chi connectivity index (χ1v) is 3.57. The summed E-state index contributed by atoms with van der Waals surface area (Å²) in [6.45, 7) is 6.52. The summed E-state index contributed by atoms with van der Waals surface area (Å²) in [5.41, 5.74) is 2.25. The van der Waals surface area contributed by atoms with Gasteiger partial charge < -0.3 is 0 Å². The van der Waals surface area contributed by atoms with E-state index in [1.54, 1.807) is 0 Å². The number of aromatic nitrogens is 2. The summed E-state index contributed by atoms with van der Waals surface area (Å²) in [5, 5.41) is 4.04. The van der Waals surface area contributed by atoms with Crippen LogP contribution in [0.2, 0.25) is 0 Å². The van der Waals surface area contributed by atoms with Crippen molar-refractivity contribution in [3.05, 3.63) is 17.5 Å². The van der Waals surface area contributed by atoms with Gasteiger partial charge in [-0.25, -0.2) is 0 Å². The second kappa shape index (κ2) is 3.25. The van der Waals surface area contributed by atoms with Crippen molar-refractivity contribution in [1.29, 1.82) is 0 Å². The smallest absolute Gasteiger partial charge is 0.116 e. The number of aryl methyl sites for hydroxylation is 1. The summed E-state index contributed by atoms with van der Waals surface area (Å²) in [6.07, 6.45) is 2.89. The van der Waals surface area contributed by atoms with Gasteiger partial charge in [-0.15, -0.1) is 5.92 Å². The Labute approximate surface area is 67.2 Å². The van der Waals surface area contributed by atoms with Crippen molar-refractivity contribution in [2.24, 2.45) is 0 Å². The van der Waals surface area contributed by atoms with Crippen molar-refractivity contribution in [2.45, 2.75) is 27.3 Å². The molecular weight excluding hydrogens is 136 g/mol. The summed E-state index contributed by atoms with van der Waals surface area (Å²) >= 11 is 0. The lowest BCUT2D eigenvalue weighted by atomic mass is 10.3. The highest BCUT2D eigenvalue weighted by atomic mass is 15.3. The maximum atomic E-state index is 4.04. The molecule has 0 bridgehead atoms. The Morgan fingerprint density at radius 1 is 1.55 bits per heavy atom. The van der Waals surface area contributed by atoms with Crippen molar-refractivity contribution in [2.75, 3.05) is 0 Å². The van der Waals surface area contributed by atoms with E-state index in [1.807, 2.05) is 25.5 Å². The second-order valence-electron chi connectivity index (χ2n) is 2.41. The van der Waals surface area contributed by atoms with Gasteiger partial charge in [-0.3, -0.25) is 4.68 Å². The van der Waals surface area contributed by atoms with Crippen molar-refractivity contribution in [1.82, 2.24) is 9.78 Å². The molecule has 1 radical (unpaired) electrons. The van der Waals surface area contributed by atoms with Crippen LogP contribution in [0.3, 0.4) is 0 Å². The standard InChI is InChI=1S/C9H11N2/c1-4-5-6-11-9(3)8(2)7-10-11/h6H2,1-3H3. The molecule has 0 unspecified atom stereocenters. The van der Waals surface area contributed by atoms with Gasteiger partial charge in [-0.2, -0.15) is 5.10 Å². The minimum absolute atomic E-state index is 0.673. The lowest BCUT2D eigenvalue weighted by molar-refractivity contribution is 0.689. The van der Waals surface area contributed by atoms with E-state index >= 15 is 0 Å². The van der Waals surface area contributed by atoms with E-state index in [4.69, 9.17) is 0 Å². The highest BCUT2D eigenvalue weighted by Crippen LogP contribution is 2.02. The molecule has 0 aromatic carbocycles. The zero-order valence-electron chi connectivity index (χ0n) is 7.10. The van der Waals surface area contributed by atoms with Crippen LogP contribution in [0.4, 0.5) is 0 Å². The first-order valence-electron chi connectivity index (χ1n) is 3.57. The Kier molecular flexibility index (Phi) is 2.32. The molecule has 0 saturated carbocycles. The second-order valence-corrected chi connectivity index (χ2v) is 2.41. The van der Waals surface area contributed by atoms with E-state index in [2.05, 4.69) is 23.1 Å². The molecule has 0 spiro atoms. The summed E-state index contributed by atoms with van der Waals surface area (Å²) in [4.78, 5) is 0. The number of nitrogens with zero attached hydrogens (tertiary/aromatic N) is 2. The van der Waals surface area contributed by atoms with Gasteiger partial charge in [0.2, 0.25) is 0 Å². The molecule has 1 rings (SSSR count). The van der Waals surface area contributed by atoms with Gasteiger partial charge in [-0.05, 0) is 26.3 Å². The van der Waals surface area contributed by atoms with Gasteiger partial charge in [0, 0.05) is 5.69 Å². The monoisotopic (exact) mass is 147 g/mol. The summed E-state index contributed by atoms with van der Waals surface area (Å²) in [5.74, 6) is 5.78. The molecule has 1 aromatic heterocycles. The fraction of sp³-hybridized carbons (Fsp3) is 0.444. The van der Waals surface area contributed by atoms with Crippen molar-refractivity contribution in [3.63, 3.8) is 0 Å². The Hall–Kier alpha value is -1.23. The molecule has 2 nitrogen and oxygen atoms in total. The van der Waals surface area contributed by atoms with Crippen LogP contribution in [0.15, 0.2) is 0 Å². The molecule has 0 N–H and O–H groups in total. The van der Waals surface area contributed by atoms with E-state index in [0.29, 0.717) is 6.54 Å². The largest absolute Gasteiger partial charge is 0.257 e. The third-order valence-electron chi connectivity index (χ3n) is 1.67. The molecule has 0 saturated heterocycles. The Bertz CT molecular complexity index is 299. The van der Waals surface area contributed by atoms with Gasteiger partial charge in [-0.1, -0.05) is 5.92 Å². The third-order valence-corrected chi connectivity index (χ3v) is 1.67. The maximum absolute atomic E-state index is 4.04.